The quantitative estimate of drug-likeness (QED) is 0.869. The molecule has 1 heterocycles. The highest BCUT2D eigenvalue weighted by Crippen LogP contribution is 2.18. The van der Waals surface area contributed by atoms with Crippen LogP contribution in [0, 0.1) is 17.6 Å². The zero-order valence-corrected chi connectivity index (χ0v) is 10.0. The van der Waals surface area contributed by atoms with Crippen LogP contribution in [0.1, 0.15) is 19.3 Å². The molecule has 18 heavy (non-hydrogen) atoms. The first-order valence-electron chi connectivity index (χ1n) is 6.11. The Bertz CT molecular complexity index is 431. The Morgan fingerprint density at radius 1 is 1.44 bits per heavy atom. The number of hydrogen-bond acceptors (Lipinski definition) is 2. The van der Waals surface area contributed by atoms with E-state index >= 15 is 0 Å². The molecule has 1 amide bonds. The molecular formula is C13H16F2N2O. The van der Waals surface area contributed by atoms with Crippen molar-refractivity contribution in [1.29, 1.82) is 0 Å². The number of piperidine rings is 1. The van der Waals surface area contributed by atoms with E-state index in [9.17, 15) is 13.6 Å². The van der Waals surface area contributed by atoms with Crippen molar-refractivity contribution in [3.8, 4) is 0 Å². The average molecular weight is 254 g/mol. The maximum Gasteiger partial charge on any atom is 0.224 e. The summed E-state index contributed by atoms with van der Waals surface area (Å²) in [5.41, 5.74) is 0.0326. The normalized spacial score (nSPS) is 19.6. The standard InChI is InChI=1S/C13H16F2N2O/c14-10-3-4-12(11(15)7-10)17-13(18)6-9-2-1-5-16-8-9/h3-4,7,9,16H,1-2,5-6,8H2,(H,17,18). The summed E-state index contributed by atoms with van der Waals surface area (Å²) in [5.74, 6) is -1.33. The minimum atomic E-state index is -0.745. The van der Waals surface area contributed by atoms with Crippen molar-refractivity contribution in [1.82, 2.24) is 5.32 Å². The lowest BCUT2D eigenvalue weighted by atomic mass is 9.96. The molecule has 1 unspecified atom stereocenters. The van der Waals surface area contributed by atoms with Crippen molar-refractivity contribution >= 4 is 11.6 Å². The van der Waals surface area contributed by atoms with Crippen molar-refractivity contribution in [2.75, 3.05) is 18.4 Å². The highest BCUT2D eigenvalue weighted by Gasteiger charge is 2.17. The number of halogens is 2. The molecule has 2 rings (SSSR count). The lowest BCUT2D eigenvalue weighted by Crippen LogP contribution is -2.32. The Labute approximate surface area is 105 Å². The summed E-state index contributed by atoms with van der Waals surface area (Å²) in [6.07, 6.45) is 2.43. The van der Waals surface area contributed by atoms with Gasteiger partial charge in [0.25, 0.3) is 0 Å². The van der Waals surface area contributed by atoms with Crippen LogP contribution in [0.5, 0.6) is 0 Å². The van der Waals surface area contributed by atoms with E-state index in [-0.39, 0.29) is 11.6 Å². The number of carbonyl (C=O) groups is 1. The number of carbonyl (C=O) groups excluding carboxylic acids is 1. The number of benzene rings is 1. The van der Waals surface area contributed by atoms with E-state index in [0.29, 0.717) is 12.3 Å². The first kappa shape index (κ1) is 13.0. The molecule has 0 bridgehead atoms. The molecule has 0 radical (unpaired) electrons. The number of amides is 1. The predicted octanol–water partition coefficient (Wildman–Crippen LogP) is 2.29. The molecular weight excluding hydrogens is 238 g/mol. The fourth-order valence-corrected chi connectivity index (χ4v) is 2.15. The molecule has 1 aliphatic heterocycles. The van der Waals surface area contributed by atoms with E-state index in [2.05, 4.69) is 10.6 Å². The minimum absolute atomic E-state index is 0.0326. The minimum Gasteiger partial charge on any atom is -0.324 e. The second-order valence-corrected chi connectivity index (χ2v) is 4.59. The third-order valence-electron chi connectivity index (χ3n) is 3.08. The smallest absolute Gasteiger partial charge is 0.224 e. The van der Waals surface area contributed by atoms with Crippen molar-refractivity contribution < 1.29 is 13.6 Å². The predicted molar refractivity (Wildman–Crippen MR) is 65.2 cm³/mol. The topological polar surface area (TPSA) is 41.1 Å². The van der Waals surface area contributed by atoms with Crippen molar-refractivity contribution in [3.05, 3.63) is 29.8 Å². The molecule has 3 nitrogen and oxygen atoms in total. The van der Waals surface area contributed by atoms with E-state index < -0.39 is 11.6 Å². The summed E-state index contributed by atoms with van der Waals surface area (Å²) >= 11 is 0. The van der Waals surface area contributed by atoms with Crippen LogP contribution in [-0.2, 0) is 4.79 Å². The molecule has 1 saturated heterocycles. The SMILES string of the molecule is O=C(CC1CCCNC1)Nc1ccc(F)cc1F. The Kier molecular flexibility index (Phi) is 4.25. The van der Waals surface area contributed by atoms with Crippen LogP contribution in [0.25, 0.3) is 0 Å². The van der Waals surface area contributed by atoms with E-state index in [0.717, 1.165) is 38.1 Å². The van der Waals surface area contributed by atoms with Gasteiger partial charge in [0.2, 0.25) is 5.91 Å². The van der Waals surface area contributed by atoms with E-state index in [1.165, 1.54) is 6.07 Å². The van der Waals surface area contributed by atoms with Gasteiger partial charge in [-0.3, -0.25) is 4.79 Å². The lowest BCUT2D eigenvalue weighted by molar-refractivity contribution is -0.117. The molecule has 1 aromatic carbocycles. The Morgan fingerprint density at radius 3 is 2.94 bits per heavy atom. The summed E-state index contributed by atoms with van der Waals surface area (Å²) < 4.78 is 26.0. The van der Waals surface area contributed by atoms with Crippen LogP contribution in [0.15, 0.2) is 18.2 Å². The molecule has 0 saturated carbocycles. The molecule has 1 aromatic rings. The van der Waals surface area contributed by atoms with Crippen LogP contribution in [0.2, 0.25) is 0 Å². The first-order valence-corrected chi connectivity index (χ1v) is 6.11. The molecule has 2 N–H and O–H groups in total. The second-order valence-electron chi connectivity index (χ2n) is 4.59. The fraction of sp³-hybridized carbons (Fsp3) is 0.462. The Morgan fingerprint density at radius 2 is 2.28 bits per heavy atom. The molecule has 98 valence electrons. The lowest BCUT2D eigenvalue weighted by Gasteiger charge is -2.22. The number of anilines is 1. The zero-order chi connectivity index (χ0) is 13.0. The van der Waals surface area contributed by atoms with Crippen molar-refractivity contribution in [2.45, 2.75) is 19.3 Å². The van der Waals surface area contributed by atoms with Gasteiger partial charge in [0.15, 0.2) is 0 Å². The van der Waals surface area contributed by atoms with Gasteiger partial charge in [0.1, 0.15) is 11.6 Å². The maximum atomic E-state index is 13.3. The molecule has 0 aromatic heterocycles. The third kappa shape index (κ3) is 3.50. The van der Waals surface area contributed by atoms with Crippen LogP contribution in [0.4, 0.5) is 14.5 Å². The Balaban J connectivity index is 1.90. The Hall–Kier alpha value is -1.49. The van der Waals surface area contributed by atoms with Crippen LogP contribution < -0.4 is 10.6 Å². The summed E-state index contributed by atoms with van der Waals surface area (Å²) in [6.45, 7) is 1.81. The maximum absolute atomic E-state index is 13.3. The largest absolute Gasteiger partial charge is 0.324 e. The van der Waals surface area contributed by atoms with E-state index in [1.54, 1.807) is 0 Å². The highest BCUT2D eigenvalue weighted by molar-refractivity contribution is 5.90. The van der Waals surface area contributed by atoms with Crippen LogP contribution in [-0.4, -0.2) is 19.0 Å². The van der Waals surface area contributed by atoms with Gasteiger partial charge < -0.3 is 10.6 Å². The van der Waals surface area contributed by atoms with Crippen LogP contribution in [0.3, 0.4) is 0 Å². The van der Waals surface area contributed by atoms with Crippen LogP contribution >= 0.6 is 0 Å². The van der Waals surface area contributed by atoms with Gasteiger partial charge in [-0.25, -0.2) is 8.78 Å². The zero-order valence-electron chi connectivity index (χ0n) is 10.0. The molecule has 0 spiro atoms. The first-order chi connectivity index (χ1) is 8.65. The fourth-order valence-electron chi connectivity index (χ4n) is 2.15. The van der Waals surface area contributed by atoms with Crippen molar-refractivity contribution in [2.24, 2.45) is 5.92 Å². The van der Waals surface area contributed by atoms with Gasteiger partial charge in [0.05, 0.1) is 5.69 Å². The van der Waals surface area contributed by atoms with Gasteiger partial charge in [-0.1, -0.05) is 0 Å². The third-order valence-corrected chi connectivity index (χ3v) is 3.08. The van der Waals surface area contributed by atoms with Gasteiger partial charge in [-0.15, -0.1) is 0 Å². The van der Waals surface area contributed by atoms with Gasteiger partial charge in [-0.05, 0) is 44.0 Å². The molecule has 0 aliphatic carbocycles. The second kappa shape index (κ2) is 5.91. The molecule has 1 fully saturated rings. The summed E-state index contributed by atoms with van der Waals surface area (Å²) in [6, 6.07) is 3.13. The number of nitrogens with one attached hydrogen (secondary N) is 2. The molecule has 5 heteroatoms. The summed E-state index contributed by atoms with van der Waals surface area (Å²) in [5, 5.41) is 5.70. The highest BCUT2D eigenvalue weighted by atomic mass is 19.1. The summed E-state index contributed by atoms with van der Waals surface area (Å²) in [4.78, 5) is 11.7. The number of hydrogen-bond donors (Lipinski definition) is 2. The average Bonchev–Trinajstić information content (AvgIpc) is 2.34. The van der Waals surface area contributed by atoms with Crippen molar-refractivity contribution in [3.63, 3.8) is 0 Å². The van der Waals surface area contributed by atoms with E-state index in [4.69, 9.17) is 0 Å². The van der Waals surface area contributed by atoms with Gasteiger partial charge >= 0.3 is 0 Å². The monoisotopic (exact) mass is 254 g/mol. The van der Waals surface area contributed by atoms with Gasteiger partial charge in [-0.2, -0.15) is 0 Å². The van der Waals surface area contributed by atoms with E-state index in [1.807, 2.05) is 0 Å². The molecule has 1 atom stereocenters. The summed E-state index contributed by atoms with van der Waals surface area (Å²) in [7, 11) is 0. The molecule has 1 aliphatic rings. The van der Waals surface area contributed by atoms with Gasteiger partial charge in [0, 0.05) is 12.5 Å². The number of rotatable bonds is 3.